The van der Waals surface area contributed by atoms with Gasteiger partial charge in [0.15, 0.2) is 0 Å². The molecule has 1 aromatic rings. The Balaban J connectivity index is 2.45. The third-order valence-corrected chi connectivity index (χ3v) is 3.84. The van der Waals surface area contributed by atoms with E-state index in [1.54, 1.807) is 0 Å². The van der Waals surface area contributed by atoms with E-state index in [9.17, 15) is 5.21 Å². The number of nitrogens with zero attached hydrogens (tertiary/aromatic N) is 2. The van der Waals surface area contributed by atoms with Crippen molar-refractivity contribution >= 4 is 11.4 Å². The number of hydrogen-bond donors (Lipinski definition) is 1. The summed E-state index contributed by atoms with van der Waals surface area (Å²) in [5, 5.41) is 12.7. The van der Waals surface area contributed by atoms with Crippen LogP contribution in [0.2, 0.25) is 0 Å². The molecule has 2 rings (SSSR count). The first kappa shape index (κ1) is 12.9. The van der Waals surface area contributed by atoms with Crippen molar-refractivity contribution in [3.8, 4) is 0 Å². The van der Waals surface area contributed by atoms with Gasteiger partial charge in [0.1, 0.15) is 0 Å². The Labute approximate surface area is 109 Å². The topological polar surface area (TPSA) is 35.8 Å². The van der Waals surface area contributed by atoms with Crippen LogP contribution in [0.3, 0.4) is 0 Å². The third-order valence-electron chi connectivity index (χ3n) is 3.84. The number of anilines is 1. The van der Waals surface area contributed by atoms with Crippen molar-refractivity contribution in [3.63, 3.8) is 0 Å². The first-order chi connectivity index (χ1) is 8.81. The van der Waals surface area contributed by atoms with Gasteiger partial charge in [-0.05, 0) is 31.7 Å². The van der Waals surface area contributed by atoms with Gasteiger partial charge in [-0.3, -0.25) is 0 Å². The second-order valence-electron chi connectivity index (χ2n) is 4.83. The summed E-state index contributed by atoms with van der Waals surface area (Å²) in [4.78, 5) is 2.48. The Morgan fingerprint density at radius 3 is 2.67 bits per heavy atom. The van der Waals surface area contributed by atoms with E-state index in [4.69, 9.17) is 0 Å². The Kier molecular flexibility index (Phi) is 4.24. The summed E-state index contributed by atoms with van der Waals surface area (Å²) in [7, 11) is 0. The summed E-state index contributed by atoms with van der Waals surface area (Å²) in [6.45, 7) is 5.52. The fourth-order valence-electron chi connectivity index (χ4n) is 2.85. The molecule has 1 heterocycles. The highest BCUT2D eigenvalue weighted by Crippen LogP contribution is 2.29. The summed E-state index contributed by atoms with van der Waals surface area (Å²) < 4.78 is 0. The number of para-hydroxylation sites is 1. The summed E-state index contributed by atoms with van der Waals surface area (Å²) in [6.07, 6.45) is 4.20. The number of rotatable bonds is 3. The molecule has 0 fully saturated rings. The van der Waals surface area contributed by atoms with Crippen molar-refractivity contribution in [2.45, 2.75) is 45.6 Å². The highest BCUT2D eigenvalue weighted by molar-refractivity contribution is 6.05. The zero-order valence-electron chi connectivity index (χ0n) is 11.3. The number of fused-ring (bicyclic) bond motifs is 1. The lowest BCUT2D eigenvalue weighted by Crippen LogP contribution is -2.35. The van der Waals surface area contributed by atoms with E-state index in [1.807, 2.05) is 6.07 Å². The van der Waals surface area contributed by atoms with Crippen molar-refractivity contribution in [3.05, 3.63) is 29.8 Å². The predicted molar refractivity (Wildman–Crippen MR) is 75.7 cm³/mol. The van der Waals surface area contributed by atoms with Crippen molar-refractivity contribution in [1.82, 2.24) is 0 Å². The van der Waals surface area contributed by atoms with Crippen LogP contribution in [0.25, 0.3) is 0 Å². The molecule has 0 spiro atoms. The standard InChI is InChI=1S/C15H22N2O/c1-3-12(4-2)17-11-7-9-14(16-18)13-8-5-6-10-15(13)17/h5-6,8,10,12,18H,3-4,7,9,11H2,1-2H3/b16-14-. The van der Waals surface area contributed by atoms with Crippen LogP contribution in [0.4, 0.5) is 5.69 Å². The van der Waals surface area contributed by atoms with E-state index in [0.717, 1.165) is 43.5 Å². The fraction of sp³-hybridized carbons (Fsp3) is 0.533. The zero-order valence-corrected chi connectivity index (χ0v) is 11.3. The van der Waals surface area contributed by atoms with E-state index in [-0.39, 0.29) is 0 Å². The quantitative estimate of drug-likeness (QED) is 0.652. The highest BCUT2D eigenvalue weighted by atomic mass is 16.4. The minimum absolute atomic E-state index is 0.573. The molecule has 1 N–H and O–H groups in total. The van der Waals surface area contributed by atoms with Gasteiger partial charge in [-0.25, -0.2) is 0 Å². The lowest BCUT2D eigenvalue weighted by atomic mass is 10.0. The van der Waals surface area contributed by atoms with E-state index in [0.29, 0.717) is 6.04 Å². The third kappa shape index (κ3) is 2.35. The summed E-state index contributed by atoms with van der Waals surface area (Å²) in [5.41, 5.74) is 3.12. The second kappa shape index (κ2) is 5.89. The van der Waals surface area contributed by atoms with Crippen molar-refractivity contribution in [2.75, 3.05) is 11.4 Å². The molecule has 1 aliphatic heterocycles. The first-order valence-electron chi connectivity index (χ1n) is 6.88. The van der Waals surface area contributed by atoms with Crippen LogP contribution in [0.1, 0.15) is 45.1 Å². The molecule has 0 unspecified atom stereocenters. The summed E-state index contributed by atoms with van der Waals surface area (Å²) in [6, 6.07) is 8.86. The van der Waals surface area contributed by atoms with Gasteiger partial charge in [0, 0.05) is 23.8 Å². The summed E-state index contributed by atoms with van der Waals surface area (Å²) in [5.74, 6) is 0. The van der Waals surface area contributed by atoms with Gasteiger partial charge in [0.05, 0.1) is 5.71 Å². The Bertz CT molecular complexity index is 424. The number of oxime groups is 1. The molecular formula is C15H22N2O. The van der Waals surface area contributed by atoms with Crippen LogP contribution < -0.4 is 4.90 Å². The van der Waals surface area contributed by atoms with Crippen LogP contribution in [0.5, 0.6) is 0 Å². The first-order valence-corrected chi connectivity index (χ1v) is 6.88. The average molecular weight is 246 g/mol. The average Bonchev–Trinajstić information content (AvgIpc) is 2.60. The Morgan fingerprint density at radius 1 is 1.28 bits per heavy atom. The van der Waals surface area contributed by atoms with Gasteiger partial charge >= 0.3 is 0 Å². The molecule has 98 valence electrons. The SMILES string of the molecule is CCC(CC)N1CCC/C(=N/O)c2ccccc21. The highest BCUT2D eigenvalue weighted by Gasteiger charge is 2.23. The van der Waals surface area contributed by atoms with Crippen molar-refractivity contribution < 1.29 is 5.21 Å². The van der Waals surface area contributed by atoms with Crippen LogP contribution in [0.15, 0.2) is 29.4 Å². The molecule has 1 aliphatic rings. The molecule has 0 saturated heterocycles. The van der Waals surface area contributed by atoms with Gasteiger partial charge in [-0.2, -0.15) is 0 Å². The monoisotopic (exact) mass is 246 g/mol. The molecule has 0 atom stereocenters. The molecule has 0 aromatic heterocycles. The Morgan fingerprint density at radius 2 is 2.00 bits per heavy atom. The maximum atomic E-state index is 9.17. The van der Waals surface area contributed by atoms with Crippen LogP contribution in [-0.2, 0) is 0 Å². The molecule has 0 aliphatic carbocycles. The van der Waals surface area contributed by atoms with Crippen molar-refractivity contribution in [2.24, 2.45) is 5.16 Å². The smallest absolute Gasteiger partial charge is 0.0889 e. The molecule has 3 heteroatoms. The van der Waals surface area contributed by atoms with Gasteiger partial charge in [0.25, 0.3) is 0 Å². The zero-order chi connectivity index (χ0) is 13.0. The van der Waals surface area contributed by atoms with E-state index >= 15 is 0 Å². The molecule has 0 bridgehead atoms. The molecule has 0 saturated carbocycles. The second-order valence-corrected chi connectivity index (χ2v) is 4.83. The minimum Gasteiger partial charge on any atom is -0.411 e. The lowest BCUT2D eigenvalue weighted by molar-refractivity contribution is 0.318. The van der Waals surface area contributed by atoms with Crippen LogP contribution >= 0.6 is 0 Å². The van der Waals surface area contributed by atoms with Crippen LogP contribution in [-0.4, -0.2) is 23.5 Å². The molecule has 1 aromatic carbocycles. The van der Waals surface area contributed by atoms with Crippen molar-refractivity contribution in [1.29, 1.82) is 0 Å². The van der Waals surface area contributed by atoms with Crippen LogP contribution in [0, 0.1) is 0 Å². The van der Waals surface area contributed by atoms with E-state index in [1.165, 1.54) is 5.69 Å². The summed E-state index contributed by atoms with van der Waals surface area (Å²) >= 11 is 0. The minimum atomic E-state index is 0.573. The predicted octanol–water partition coefficient (Wildman–Crippen LogP) is 3.65. The van der Waals surface area contributed by atoms with Gasteiger partial charge < -0.3 is 10.1 Å². The largest absolute Gasteiger partial charge is 0.411 e. The number of benzene rings is 1. The van der Waals surface area contributed by atoms with E-state index in [2.05, 4.69) is 42.1 Å². The Hall–Kier alpha value is -1.51. The van der Waals surface area contributed by atoms with Gasteiger partial charge in [0.2, 0.25) is 0 Å². The maximum Gasteiger partial charge on any atom is 0.0889 e. The molecule has 0 amide bonds. The fourth-order valence-corrected chi connectivity index (χ4v) is 2.85. The molecule has 0 radical (unpaired) electrons. The van der Waals surface area contributed by atoms with Gasteiger partial charge in [-0.1, -0.05) is 37.2 Å². The molecule has 3 nitrogen and oxygen atoms in total. The molecular weight excluding hydrogens is 224 g/mol. The number of hydrogen-bond acceptors (Lipinski definition) is 3. The maximum absolute atomic E-state index is 9.17. The van der Waals surface area contributed by atoms with E-state index < -0.39 is 0 Å². The lowest BCUT2D eigenvalue weighted by Gasteiger charge is -2.32. The normalized spacial score (nSPS) is 17.9. The van der Waals surface area contributed by atoms with Gasteiger partial charge in [-0.15, -0.1) is 0 Å². The molecule has 18 heavy (non-hydrogen) atoms.